The Kier molecular flexibility index (Phi) is 4.87. The fourth-order valence-electron chi connectivity index (χ4n) is 3.58. The highest BCUT2D eigenvalue weighted by Gasteiger charge is 2.37. The molecular formula is C15H30N2. The second-order valence-corrected chi connectivity index (χ2v) is 6.16. The molecule has 0 spiro atoms. The summed E-state index contributed by atoms with van der Waals surface area (Å²) in [5.41, 5.74) is 0. The molecule has 0 aliphatic carbocycles. The molecule has 100 valence electrons. The summed E-state index contributed by atoms with van der Waals surface area (Å²) in [5.74, 6) is 0.869. The first-order valence-electron chi connectivity index (χ1n) is 7.74. The molecule has 0 saturated carbocycles. The molecule has 1 N–H and O–H groups in total. The van der Waals surface area contributed by atoms with Crippen LogP contribution in [0, 0.1) is 5.92 Å². The maximum atomic E-state index is 3.96. The first-order chi connectivity index (χ1) is 8.24. The van der Waals surface area contributed by atoms with Crippen molar-refractivity contribution in [2.45, 2.75) is 77.4 Å². The van der Waals surface area contributed by atoms with Gasteiger partial charge in [-0.15, -0.1) is 0 Å². The van der Waals surface area contributed by atoms with Crippen molar-refractivity contribution >= 4 is 0 Å². The van der Waals surface area contributed by atoms with Crippen LogP contribution in [0.2, 0.25) is 0 Å². The molecule has 2 fully saturated rings. The first-order valence-corrected chi connectivity index (χ1v) is 7.74. The number of fused-ring (bicyclic) bond motifs is 1. The Balaban J connectivity index is 1.82. The first kappa shape index (κ1) is 13.4. The number of hydrogen-bond acceptors (Lipinski definition) is 2. The molecule has 0 amide bonds. The Hall–Kier alpha value is -0.0800. The van der Waals surface area contributed by atoms with E-state index in [1.54, 1.807) is 0 Å². The van der Waals surface area contributed by atoms with Crippen LogP contribution in [-0.2, 0) is 0 Å². The van der Waals surface area contributed by atoms with Gasteiger partial charge >= 0.3 is 0 Å². The minimum atomic E-state index is 0.746. The Labute approximate surface area is 107 Å². The van der Waals surface area contributed by atoms with Gasteiger partial charge in [0.2, 0.25) is 0 Å². The molecule has 0 bridgehead atoms. The molecule has 0 aromatic carbocycles. The molecule has 2 aliphatic rings. The van der Waals surface area contributed by atoms with Gasteiger partial charge in [-0.25, -0.2) is 0 Å². The van der Waals surface area contributed by atoms with Crippen molar-refractivity contribution in [3.63, 3.8) is 0 Å². The Morgan fingerprint density at radius 3 is 2.71 bits per heavy atom. The number of nitrogens with one attached hydrogen (secondary N) is 1. The summed E-state index contributed by atoms with van der Waals surface area (Å²) in [4.78, 5) is 2.70. The Morgan fingerprint density at radius 1 is 1.18 bits per heavy atom. The average Bonchev–Trinajstić information content (AvgIpc) is 2.92. The van der Waals surface area contributed by atoms with Gasteiger partial charge in [-0.2, -0.15) is 0 Å². The molecule has 0 aromatic rings. The smallest absolute Gasteiger partial charge is 0.0250 e. The van der Waals surface area contributed by atoms with Crippen LogP contribution in [-0.4, -0.2) is 36.1 Å². The predicted octanol–water partition coefficient (Wildman–Crippen LogP) is 3.03. The summed E-state index contributed by atoms with van der Waals surface area (Å²) in [6.07, 6.45) is 8.19. The average molecular weight is 238 g/mol. The number of rotatable bonds is 6. The zero-order valence-corrected chi connectivity index (χ0v) is 11.9. The van der Waals surface area contributed by atoms with E-state index in [-0.39, 0.29) is 0 Å². The van der Waals surface area contributed by atoms with Crippen LogP contribution >= 0.6 is 0 Å². The van der Waals surface area contributed by atoms with E-state index < -0.39 is 0 Å². The van der Waals surface area contributed by atoms with Crippen LogP contribution < -0.4 is 5.32 Å². The van der Waals surface area contributed by atoms with E-state index in [2.05, 4.69) is 31.0 Å². The van der Waals surface area contributed by atoms with E-state index in [4.69, 9.17) is 0 Å². The third kappa shape index (κ3) is 3.23. The van der Waals surface area contributed by atoms with Crippen molar-refractivity contribution in [3.05, 3.63) is 0 Å². The summed E-state index contributed by atoms with van der Waals surface area (Å²) in [6, 6.07) is 2.39. The van der Waals surface area contributed by atoms with Gasteiger partial charge in [0.1, 0.15) is 0 Å². The molecule has 2 rings (SSSR count). The summed E-state index contributed by atoms with van der Waals surface area (Å²) >= 11 is 0. The van der Waals surface area contributed by atoms with E-state index >= 15 is 0 Å². The lowest BCUT2D eigenvalue weighted by molar-refractivity contribution is 0.274. The highest BCUT2D eigenvalue weighted by molar-refractivity contribution is 4.96. The maximum absolute atomic E-state index is 3.96. The van der Waals surface area contributed by atoms with Crippen molar-refractivity contribution in [2.75, 3.05) is 13.1 Å². The normalized spacial score (nSPS) is 32.6. The molecule has 2 aliphatic heterocycles. The van der Waals surface area contributed by atoms with E-state index in [0.717, 1.165) is 24.0 Å². The molecule has 4 atom stereocenters. The fraction of sp³-hybridized carbons (Fsp3) is 1.00. The summed E-state index contributed by atoms with van der Waals surface area (Å²) in [5, 5.41) is 3.96. The van der Waals surface area contributed by atoms with Gasteiger partial charge in [-0.05, 0) is 44.6 Å². The minimum absolute atomic E-state index is 0.746. The van der Waals surface area contributed by atoms with Crippen LogP contribution in [0.1, 0.15) is 59.3 Å². The molecule has 2 heterocycles. The predicted molar refractivity (Wildman–Crippen MR) is 74.3 cm³/mol. The van der Waals surface area contributed by atoms with E-state index in [9.17, 15) is 0 Å². The van der Waals surface area contributed by atoms with Crippen LogP contribution in [0.3, 0.4) is 0 Å². The molecular weight excluding hydrogens is 208 g/mol. The quantitative estimate of drug-likeness (QED) is 0.765. The molecule has 0 radical (unpaired) electrons. The molecule has 0 aromatic heterocycles. The van der Waals surface area contributed by atoms with Gasteiger partial charge < -0.3 is 5.32 Å². The lowest BCUT2D eigenvalue weighted by Crippen LogP contribution is -2.44. The second kappa shape index (κ2) is 6.19. The molecule has 17 heavy (non-hydrogen) atoms. The van der Waals surface area contributed by atoms with E-state index in [0.29, 0.717) is 0 Å². The van der Waals surface area contributed by atoms with Crippen molar-refractivity contribution in [1.82, 2.24) is 10.2 Å². The van der Waals surface area contributed by atoms with Crippen LogP contribution in [0.4, 0.5) is 0 Å². The standard InChI is InChI=1S/C15H30N2/c1-4-12(3)11-13(5-2)16-14-8-10-17-9-6-7-15(14)17/h12-16H,4-11H2,1-3H3. The van der Waals surface area contributed by atoms with Crippen molar-refractivity contribution < 1.29 is 0 Å². The zero-order chi connectivity index (χ0) is 12.3. The topological polar surface area (TPSA) is 15.3 Å². The SMILES string of the molecule is CCC(C)CC(CC)NC1CCN2CCCC12. The lowest BCUT2D eigenvalue weighted by atomic mass is 9.96. The molecule has 2 heteroatoms. The Morgan fingerprint density at radius 2 is 2.00 bits per heavy atom. The highest BCUT2D eigenvalue weighted by atomic mass is 15.2. The minimum Gasteiger partial charge on any atom is -0.310 e. The number of hydrogen-bond donors (Lipinski definition) is 1. The van der Waals surface area contributed by atoms with Gasteiger partial charge in [0.05, 0.1) is 0 Å². The van der Waals surface area contributed by atoms with Crippen LogP contribution in [0.25, 0.3) is 0 Å². The molecule has 2 nitrogen and oxygen atoms in total. The third-order valence-corrected chi connectivity index (χ3v) is 4.93. The number of nitrogens with zero attached hydrogens (tertiary/aromatic N) is 1. The van der Waals surface area contributed by atoms with E-state index in [1.807, 2.05) is 0 Å². The van der Waals surface area contributed by atoms with Crippen LogP contribution in [0.15, 0.2) is 0 Å². The fourth-order valence-corrected chi connectivity index (χ4v) is 3.58. The summed E-state index contributed by atoms with van der Waals surface area (Å²) < 4.78 is 0. The van der Waals surface area contributed by atoms with Crippen molar-refractivity contribution in [3.8, 4) is 0 Å². The van der Waals surface area contributed by atoms with Crippen molar-refractivity contribution in [2.24, 2.45) is 5.92 Å². The Bertz CT molecular complexity index is 229. The third-order valence-electron chi connectivity index (χ3n) is 4.93. The second-order valence-electron chi connectivity index (χ2n) is 6.16. The largest absolute Gasteiger partial charge is 0.310 e. The van der Waals surface area contributed by atoms with Gasteiger partial charge in [0, 0.05) is 24.7 Å². The zero-order valence-electron chi connectivity index (χ0n) is 11.9. The highest BCUT2D eigenvalue weighted by Crippen LogP contribution is 2.28. The molecule has 4 unspecified atom stereocenters. The monoisotopic (exact) mass is 238 g/mol. The van der Waals surface area contributed by atoms with E-state index in [1.165, 1.54) is 51.6 Å². The van der Waals surface area contributed by atoms with Gasteiger partial charge in [0.25, 0.3) is 0 Å². The van der Waals surface area contributed by atoms with Crippen molar-refractivity contribution in [1.29, 1.82) is 0 Å². The van der Waals surface area contributed by atoms with Gasteiger partial charge in [-0.3, -0.25) is 4.90 Å². The summed E-state index contributed by atoms with van der Waals surface area (Å²) in [7, 11) is 0. The van der Waals surface area contributed by atoms with Gasteiger partial charge in [-0.1, -0.05) is 27.2 Å². The van der Waals surface area contributed by atoms with Gasteiger partial charge in [0.15, 0.2) is 0 Å². The lowest BCUT2D eigenvalue weighted by Gasteiger charge is -2.28. The molecule has 2 saturated heterocycles. The maximum Gasteiger partial charge on any atom is 0.0250 e. The summed E-state index contributed by atoms with van der Waals surface area (Å²) in [6.45, 7) is 9.72. The van der Waals surface area contributed by atoms with Crippen LogP contribution in [0.5, 0.6) is 0 Å².